The second-order valence-electron chi connectivity index (χ2n) is 11.8. The van der Waals surface area contributed by atoms with Gasteiger partial charge in [0, 0.05) is 16.5 Å². The van der Waals surface area contributed by atoms with Crippen LogP contribution in [0.3, 0.4) is 0 Å². The molecule has 5 heteroatoms. The standard InChI is InChI=1S/C24H24N2.C12H17.2BrH.Ni/c1-13(2)16-8-6-9-17(14(3)4)21(16)18-12-11-15-7-5-10-19-20(15)22(18)24(26)23(19)25;1-9(2)11-6-5-7-12(8-11)10(3)4;;;/h5-14,25-26H,1-4H3;5-7,9-10H,1-4H3;2*1H;/q;;;;+2/p-2. The van der Waals surface area contributed by atoms with Crippen molar-refractivity contribution >= 4 is 26.7 Å². The van der Waals surface area contributed by atoms with Crippen LogP contribution in [-0.2, 0) is 15.5 Å². The number of benzene rings is 4. The molecule has 0 aromatic heterocycles. The average molecular weight is 720 g/mol. The third-order valence-electron chi connectivity index (χ3n) is 7.72. The molecule has 219 valence electrons. The number of hydrogen-bond acceptors (Lipinski definition) is 2. The van der Waals surface area contributed by atoms with Crippen molar-refractivity contribution in [2.45, 2.75) is 79.1 Å². The number of nitrogens with one attached hydrogen (secondary N) is 2. The van der Waals surface area contributed by atoms with Gasteiger partial charge in [-0.05, 0) is 39.5 Å². The molecule has 0 spiro atoms. The molecule has 4 aromatic rings. The summed E-state index contributed by atoms with van der Waals surface area (Å²) in [5, 5.41) is 19.3. The fourth-order valence-corrected chi connectivity index (χ4v) is 6.33. The van der Waals surface area contributed by atoms with Gasteiger partial charge in [0.25, 0.3) is 0 Å². The van der Waals surface area contributed by atoms with Crippen LogP contribution in [0.2, 0.25) is 0 Å². The van der Waals surface area contributed by atoms with E-state index in [2.05, 4.69) is 110 Å². The molecule has 0 saturated carbocycles. The van der Waals surface area contributed by atoms with Gasteiger partial charge in [-0.1, -0.05) is 76.2 Å². The first kappa shape index (κ1) is 35.1. The largest absolute Gasteiger partial charge is 1.00 e. The Morgan fingerprint density at radius 3 is 1.39 bits per heavy atom. The summed E-state index contributed by atoms with van der Waals surface area (Å²) >= 11 is 5.12. The van der Waals surface area contributed by atoms with Gasteiger partial charge in [0.15, 0.2) is 0 Å². The van der Waals surface area contributed by atoms with E-state index in [1.807, 2.05) is 12.1 Å². The molecule has 0 amide bonds. The van der Waals surface area contributed by atoms with E-state index < -0.39 is 0 Å². The van der Waals surface area contributed by atoms with Crippen molar-refractivity contribution in [2.75, 3.05) is 0 Å². The van der Waals surface area contributed by atoms with Gasteiger partial charge in [-0.2, -0.15) is 0 Å². The number of hydrogen-bond donors (Lipinski definition) is 2. The van der Waals surface area contributed by atoms with E-state index in [0.29, 0.717) is 35.1 Å². The third kappa shape index (κ3) is 6.79. The first-order valence-corrected chi connectivity index (χ1v) is 14.6. The first-order valence-electron chi connectivity index (χ1n) is 14.1. The van der Waals surface area contributed by atoms with Gasteiger partial charge in [0.1, 0.15) is 0 Å². The van der Waals surface area contributed by atoms with Gasteiger partial charge in [0.05, 0.1) is 11.4 Å². The average Bonchev–Trinajstić information content (AvgIpc) is 3.15. The quantitative estimate of drug-likeness (QED) is 0.297. The Bertz CT molecular complexity index is 1520. The van der Waals surface area contributed by atoms with E-state index >= 15 is 0 Å². The zero-order valence-corrected chi connectivity index (χ0v) is 29.4. The predicted molar refractivity (Wildman–Crippen MR) is 165 cm³/mol. The zero-order chi connectivity index (χ0) is 28.6. The van der Waals surface area contributed by atoms with Crippen LogP contribution in [0.25, 0.3) is 21.9 Å². The van der Waals surface area contributed by atoms with Crippen LogP contribution in [0.1, 0.15) is 112 Å². The Balaban J connectivity index is 0.000000336. The van der Waals surface area contributed by atoms with Crippen molar-refractivity contribution in [1.29, 1.82) is 10.8 Å². The normalized spacial score (nSPS) is 12.1. The van der Waals surface area contributed by atoms with Crippen molar-refractivity contribution in [3.8, 4) is 11.1 Å². The first-order chi connectivity index (χ1) is 18.5. The maximum atomic E-state index is 8.65. The molecule has 0 unspecified atom stereocenters. The summed E-state index contributed by atoms with van der Waals surface area (Å²) in [5.74, 6) is 1.89. The minimum absolute atomic E-state index is 0. The van der Waals surface area contributed by atoms with Crippen LogP contribution < -0.4 is 38.5 Å². The summed E-state index contributed by atoms with van der Waals surface area (Å²) in [6, 6.07) is 23.3. The zero-order valence-electron chi connectivity index (χ0n) is 25.2. The van der Waals surface area contributed by atoms with Crippen molar-refractivity contribution in [2.24, 2.45) is 0 Å². The Labute approximate surface area is 275 Å². The van der Waals surface area contributed by atoms with Gasteiger partial charge in [-0.25, -0.2) is 0 Å². The molecule has 1 aliphatic rings. The minimum atomic E-state index is 0. The summed E-state index contributed by atoms with van der Waals surface area (Å²) in [7, 11) is 0. The maximum absolute atomic E-state index is 8.65. The van der Waals surface area contributed by atoms with Gasteiger partial charge in [-0.3, -0.25) is 10.8 Å². The van der Waals surface area contributed by atoms with Crippen LogP contribution in [0.5, 0.6) is 0 Å². The number of rotatable bonds is 5. The molecule has 0 heterocycles. The Kier molecular flexibility index (Phi) is 12.3. The van der Waals surface area contributed by atoms with Crippen LogP contribution in [-0.4, -0.2) is 11.4 Å². The van der Waals surface area contributed by atoms with Crippen LogP contribution >= 0.6 is 0 Å². The van der Waals surface area contributed by atoms with Gasteiger partial charge in [-0.15, -0.1) is 0 Å². The molecule has 0 atom stereocenters. The fourth-order valence-electron chi connectivity index (χ4n) is 5.59. The van der Waals surface area contributed by atoms with E-state index in [9.17, 15) is 0 Å². The van der Waals surface area contributed by atoms with Crippen LogP contribution in [0, 0.1) is 10.8 Å². The molecule has 5 rings (SSSR count). The van der Waals surface area contributed by atoms with Crippen molar-refractivity contribution in [1.82, 2.24) is 0 Å². The SMILES string of the molecule is CC(C)c1cccc(C(C)C)[c]1[Ni+2].CC(C)c1cccc(C(C)C)c1-c1ccc2cccc3c2c1C(=N)C3=N.[Br-].[Br-]. The molecular formula is C36H41Br2N2Ni. The number of halogens is 2. The Morgan fingerprint density at radius 1 is 0.488 bits per heavy atom. The minimum Gasteiger partial charge on any atom is -1.00 e. The van der Waals surface area contributed by atoms with E-state index in [1.165, 1.54) is 27.8 Å². The van der Waals surface area contributed by atoms with Crippen LogP contribution in [0.4, 0.5) is 0 Å². The summed E-state index contributed by atoms with van der Waals surface area (Å²) in [6.45, 7) is 17.7. The molecule has 4 aromatic carbocycles. The Morgan fingerprint density at radius 2 is 0.927 bits per heavy atom. The molecule has 0 fully saturated rings. The topological polar surface area (TPSA) is 47.7 Å². The van der Waals surface area contributed by atoms with Gasteiger partial charge < -0.3 is 34.0 Å². The molecule has 0 radical (unpaired) electrons. The molecule has 0 saturated heterocycles. The van der Waals surface area contributed by atoms with E-state index in [1.54, 1.807) is 0 Å². The van der Waals surface area contributed by atoms with E-state index in [4.69, 9.17) is 26.3 Å². The second-order valence-corrected chi connectivity index (χ2v) is 12.3. The predicted octanol–water partition coefficient (Wildman–Crippen LogP) is 3.62. The van der Waals surface area contributed by atoms with Crippen molar-refractivity contribution < 1.29 is 49.4 Å². The summed E-state index contributed by atoms with van der Waals surface area (Å²) < 4.78 is 1.10. The summed E-state index contributed by atoms with van der Waals surface area (Å²) in [4.78, 5) is 0. The van der Waals surface area contributed by atoms with Crippen molar-refractivity contribution in [3.05, 3.63) is 100 Å². The van der Waals surface area contributed by atoms with E-state index in [0.717, 1.165) is 32.0 Å². The Hall–Kier alpha value is -2.07. The smallest absolute Gasteiger partial charge is 0.0880 e. The molecule has 1 aliphatic carbocycles. The summed E-state index contributed by atoms with van der Waals surface area (Å²) in [5.41, 5.74) is 10.1. The molecule has 41 heavy (non-hydrogen) atoms. The van der Waals surface area contributed by atoms with Gasteiger partial charge >= 0.3 is 88.9 Å². The third-order valence-corrected chi connectivity index (χ3v) is 8.29. The molecule has 2 N–H and O–H groups in total. The summed E-state index contributed by atoms with van der Waals surface area (Å²) in [6.07, 6.45) is 0. The fraction of sp³-hybridized carbons (Fsp3) is 0.333. The van der Waals surface area contributed by atoms with Crippen LogP contribution in [0.15, 0.2) is 66.7 Å². The monoisotopic (exact) mass is 717 g/mol. The second kappa shape index (κ2) is 14.4. The van der Waals surface area contributed by atoms with Gasteiger partial charge in [0.2, 0.25) is 0 Å². The molecule has 0 aliphatic heterocycles. The maximum Gasteiger partial charge on any atom is 0.0880 e. The molecular weight excluding hydrogens is 679 g/mol. The van der Waals surface area contributed by atoms with Crippen molar-refractivity contribution in [3.63, 3.8) is 0 Å². The molecule has 2 nitrogen and oxygen atoms in total. The van der Waals surface area contributed by atoms with E-state index in [-0.39, 0.29) is 34.0 Å². The molecule has 0 bridgehead atoms.